The maximum absolute atomic E-state index is 15.1. The third-order valence-corrected chi connectivity index (χ3v) is 6.29. The minimum Gasteiger partial charge on any atom is -0.413 e. The second kappa shape index (κ2) is 10.7. The Hall–Kier alpha value is -2.80. The maximum Gasteiger partial charge on any atom is 0.470 e. The predicted octanol–water partition coefficient (Wildman–Crippen LogP) is 4.61. The van der Waals surface area contributed by atoms with E-state index in [-0.39, 0.29) is 22.7 Å². The number of benzene rings is 2. The second-order valence-corrected chi connectivity index (χ2v) is 8.67. The molecule has 0 aliphatic carbocycles. The first-order chi connectivity index (χ1) is 17.1. The van der Waals surface area contributed by atoms with Crippen molar-refractivity contribution in [2.45, 2.75) is 26.0 Å². The van der Waals surface area contributed by atoms with Crippen LogP contribution in [0.25, 0.3) is 11.5 Å². The molecule has 0 bridgehead atoms. The number of likely N-dealkylation sites (N-methyl/N-ethyl adjacent to an activating group) is 1. The van der Waals surface area contributed by atoms with Gasteiger partial charge in [0.05, 0.1) is 5.02 Å². The average molecular weight is 532 g/mol. The molecule has 0 amide bonds. The van der Waals surface area contributed by atoms with Crippen molar-refractivity contribution in [3.63, 3.8) is 0 Å². The highest BCUT2D eigenvalue weighted by Crippen LogP contribution is 2.32. The van der Waals surface area contributed by atoms with Gasteiger partial charge in [-0.15, -0.1) is 10.2 Å². The molecule has 1 aromatic heterocycles. The minimum absolute atomic E-state index is 0.0353. The number of alkyl halides is 3. The van der Waals surface area contributed by atoms with Crippen LogP contribution in [0.3, 0.4) is 0 Å². The summed E-state index contributed by atoms with van der Waals surface area (Å²) in [6, 6.07) is 7.59. The van der Waals surface area contributed by atoms with Gasteiger partial charge < -0.3 is 19.3 Å². The van der Waals surface area contributed by atoms with Gasteiger partial charge in [0.25, 0.3) is 0 Å². The molecular weight excluding hydrogens is 509 g/mol. The molecule has 0 spiro atoms. The van der Waals surface area contributed by atoms with Gasteiger partial charge in [0.1, 0.15) is 11.6 Å². The molecule has 1 aliphatic heterocycles. The average Bonchev–Trinajstić information content (AvgIpc) is 3.36. The first-order valence-corrected chi connectivity index (χ1v) is 11.5. The third-order valence-electron chi connectivity index (χ3n) is 6.00. The number of hydrogen-bond acceptors (Lipinski definition) is 7. The van der Waals surface area contributed by atoms with Gasteiger partial charge in [0.2, 0.25) is 5.89 Å². The van der Waals surface area contributed by atoms with Gasteiger partial charge in [0, 0.05) is 49.5 Å². The molecule has 1 saturated heterocycles. The molecule has 1 N–H and O–H groups in total. The zero-order chi connectivity index (χ0) is 26.0. The van der Waals surface area contributed by atoms with Crippen LogP contribution in [-0.2, 0) is 12.7 Å². The van der Waals surface area contributed by atoms with E-state index in [0.717, 1.165) is 31.8 Å². The first kappa shape index (κ1) is 26.3. The Bertz CT molecular complexity index is 1200. The van der Waals surface area contributed by atoms with Crippen LogP contribution in [0.4, 0.5) is 27.6 Å². The number of aromatic nitrogens is 2. The topological polar surface area (TPSA) is 68.9 Å². The van der Waals surface area contributed by atoms with Gasteiger partial charge in [-0.3, -0.25) is 4.90 Å². The standard InChI is InChI=1S/C23H23ClF5N5O2/c1-2-32-7-9-33(10-8-32)22(35)34(16-5-6-18(25)17(24)12-16)13-15-4-3-14(11-19(15)26)20-30-31-21(36-20)23(27,28)29/h3-6,11-12,22,35H,2,7-10,13H2,1H3. The summed E-state index contributed by atoms with van der Waals surface area (Å²) in [4.78, 5) is 5.51. The van der Waals surface area contributed by atoms with E-state index >= 15 is 4.39 Å². The SMILES string of the molecule is CCN1CCN(C(O)N(Cc2ccc(-c3nnc(C(F)(F)F)o3)cc2F)c2ccc(F)c(Cl)c2)CC1. The number of rotatable bonds is 7. The predicted molar refractivity (Wildman–Crippen MR) is 122 cm³/mol. The monoisotopic (exact) mass is 531 g/mol. The van der Waals surface area contributed by atoms with E-state index in [1.807, 2.05) is 11.8 Å². The quantitative estimate of drug-likeness (QED) is 0.353. The fourth-order valence-electron chi connectivity index (χ4n) is 3.92. The number of anilines is 1. The van der Waals surface area contributed by atoms with Gasteiger partial charge in [-0.1, -0.05) is 24.6 Å². The van der Waals surface area contributed by atoms with Gasteiger partial charge in [0.15, 0.2) is 6.35 Å². The van der Waals surface area contributed by atoms with Crippen molar-refractivity contribution in [2.75, 3.05) is 37.6 Å². The van der Waals surface area contributed by atoms with Crippen molar-refractivity contribution in [1.29, 1.82) is 0 Å². The van der Waals surface area contributed by atoms with Crippen molar-refractivity contribution < 1.29 is 31.5 Å². The van der Waals surface area contributed by atoms with Gasteiger partial charge in [-0.2, -0.15) is 13.2 Å². The smallest absolute Gasteiger partial charge is 0.413 e. The van der Waals surface area contributed by atoms with Crippen LogP contribution >= 0.6 is 11.6 Å². The number of halogens is 6. The van der Waals surface area contributed by atoms with E-state index in [0.29, 0.717) is 18.8 Å². The zero-order valence-corrected chi connectivity index (χ0v) is 19.9. The number of aliphatic hydroxyl groups excluding tert-OH is 1. The Morgan fingerprint density at radius 3 is 2.36 bits per heavy atom. The van der Waals surface area contributed by atoms with Crippen LogP contribution in [0.5, 0.6) is 0 Å². The molecule has 2 aromatic carbocycles. The van der Waals surface area contributed by atoms with Crippen LogP contribution in [-0.4, -0.2) is 64.2 Å². The number of aliphatic hydroxyl groups is 1. The van der Waals surface area contributed by atoms with Crippen LogP contribution in [0.2, 0.25) is 5.02 Å². The Labute approximate surface area is 208 Å². The Balaban J connectivity index is 1.60. The Morgan fingerprint density at radius 1 is 1.06 bits per heavy atom. The van der Waals surface area contributed by atoms with Crippen molar-refractivity contribution in [1.82, 2.24) is 20.0 Å². The van der Waals surface area contributed by atoms with Crippen molar-refractivity contribution in [3.05, 3.63) is 64.5 Å². The number of nitrogens with zero attached hydrogens (tertiary/aromatic N) is 5. The minimum atomic E-state index is -4.82. The zero-order valence-electron chi connectivity index (χ0n) is 19.1. The largest absolute Gasteiger partial charge is 0.470 e. The lowest BCUT2D eigenvalue weighted by Crippen LogP contribution is -2.56. The van der Waals surface area contributed by atoms with Crippen molar-refractivity contribution in [2.24, 2.45) is 0 Å². The van der Waals surface area contributed by atoms with E-state index in [1.54, 1.807) is 0 Å². The maximum atomic E-state index is 15.1. The molecule has 7 nitrogen and oxygen atoms in total. The van der Waals surface area contributed by atoms with Gasteiger partial charge in [-0.25, -0.2) is 8.78 Å². The molecule has 13 heteroatoms. The van der Waals surface area contributed by atoms with Crippen molar-refractivity contribution in [3.8, 4) is 11.5 Å². The molecule has 0 saturated carbocycles. The number of piperazine rings is 1. The van der Waals surface area contributed by atoms with Crippen molar-refractivity contribution >= 4 is 17.3 Å². The molecule has 2 heterocycles. The Morgan fingerprint density at radius 2 is 1.78 bits per heavy atom. The molecule has 1 aliphatic rings. The lowest BCUT2D eigenvalue weighted by Gasteiger charge is -2.42. The summed E-state index contributed by atoms with van der Waals surface area (Å²) in [5, 5.41) is 17.3. The van der Waals surface area contributed by atoms with Crippen LogP contribution < -0.4 is 4.90 Å². The van der Waals surface area contributed by atoms with Gasteiger partial charge >= 0.3 is 12.1 Å². The lowest BCUT2D eigenvalue weighted by atomic mass is 10.1. The Kier molecular flexibility index (Phi) is 7.79. The normalized spacial score (nSPS) is 16.3. The van der Waals surface area contributed by atoms with Crippen LogP contribution in [0.1, 0.15) is 18.4 Å². The summed E-state index contributed by atoms with van der Waals surface area (Å²) >= 11 is 5.96. The fourth-order valence-corrected chi connectivity index (χ4v) is 4.10. The molecule has 36 heavy (non-hydrogen) atoms. The molecule has 3 aromatic rings. The second-order valence-electron chi connectivity index (χ2n) is 8.26. The highest BCUT2D eigenvalue weighted by Gasteiger charge is 2.38. The van der Waals surface area contributed by atoms with E-state index in [4.69, 9.17) is 11.6 Å². The third kappa shape index (κ3) is 5.77. The summed E-state index contributed by atoms with van der Waals surface area (Å²) in [5.41, 5.74) is 0.454. The molecule has 194 valence electrons. The van der Waals surface area contributed by atoms with E-state index in [1.165, 1.54) is 29.2 Å². The highest BCUT2D eigenvalue weighted by atomic mass is 35.5. The van der Waals surface area contributed by atoms with E-state index < -0.39 is 35.9 Å². The summed E-state index contributed by atoms with van der Waals surface area (Å²) in [5.74, 6) is -3.42. The summed E-state index contributed by atoms with van der Waals surface area (Å²) < 4.78 is 71.7. The summed E-state index contributed by atoms with van der Waals surface area (Å²) in [6.07, 6.45) is -5.99. The number of hydrogen-bond donors (Lipinski definition) is 1. The summed E-state index contributed by atoms with van der Waals surface area (Å²) in [7, 11) is 0. The molecular formula is C23H23ClF5N5O2. The molecule has 0 radical (unpaired) electrons. The van der Waals surface area contributed by atoms with Crippen LogP contribution in [0.15, 0.2) is 40.8 Å². The fraction of sp³-hybridized carbons (Fsp3) is 0.391. The molecule has 1 unspecified atom stereocenters. The first-order valence-electron chi connectivity index (χ1n) is 11.1. The van der Waals surface area contributed by atoms with Gasteiger partial charge in [-0.05, 0) is 36.9 Å². The molecule has 4 rings (SSSR count). The van der Waals surface area contributed by atoms with E-state index in [9.17, 15) is 22.7 Å². The molecule has 1 fully saturated rings. The lowest BCUT2D eigenvalue weighted by molar-refractivity contribution is -0.156. The molecule has 1 atom stereocenters. The van der Waals surface area contributed by atoms with E-state index in [2.05, 4.69) is 19.5 Å². The summed E-state index contributed by atoms with van der Waals surface area (Å²) in [6.45, 7) is 5.37. The highest BCUT2D eigenvalue weighted by molar-refractivity contribution is 6.31. The van der Waals surface area contributed by atoms with Crippen LogP contribution in [0, 0.1) is 11.6 Å².